The average molecular weight is 417 g/mol. The van der Waals surface area contributed by atoms with Crippen LogP contribution in [0.4, 0.5) is 0 Å². The molecule has 1 aromatic carbocycles. The third kappa shape index (κ3) is 4.05. The number of para-hydroxylation sites is 2. The fraction of sp³-hybridized carbons (Fsp3) is 0.375. The zero-order chi connectivity index (χ0) is 21.2. The van der Waals surface area contributed by atoms with Crippen molar-refractivity contribution in [3.05, 3.63) is 66.4 Å². The zero-order valence-corrected chi connectivity index (χ0v) is 17.8. The Balaban J connectivity index is 1.25. The zero-order valence-electron chi connectivity index (χ0n) is 17.8. The van der Waals surface area contributed by atoms with Gasteiger partial charge in [0.15, 0.2) is 5.82 Å². The first-order valence-electron chi connectivity index (χ1n) is 11.1. The summed E-state index contributed by atoms with van der Waals surface area (Å²) in [6, 6.07) is 14.4. The van der Waals surface area contributed by atoms with Gasteiger partial charge in [0.1, 0.15) is 5.65 Å². The van der Waals surface area contributed by atoms with Crippen LogP contribution in [-0.4, -0.2) is 48.8 Å². The van der Waals surface area contributed by atoms with Gasteiger partial charge in [-0.05, 0) is 56.9 Å². The molecule has 1 fully saturated rings. The maximum Gasteiger partial charge on any atom is 0.289 e. The molecule has 4 aromatic rings. The molecule has 160 valence electrons. The maximum atomic E-state index is 13.2. The van der Waals surface area contributed by atoms with Gasteiger partial charge in [-0.3, -0.25) is 4.79 Å². The molecule has 7 nitrogen and oxygen atoms in total. The van der Waals surface area contributed by atoms with Gasteiger partial charge in [0, 0.05) is 37.6 Å². The summed E-state index contributed by atoms with van der Waals surface area (Å²) in [5, 5.41) is 3.67. The van der Waals surface area contributed by atoms with Crippen molar-refractivity contribution in [2.24, 2.45) is 0 Å². The number of rotatable bonds is 6. The van der Waals surface area contributed by atoms with Crippen molar-refractivity contribution >= 4 is 22.6 Å². The number of fused-ring (bicyclic) bond motifs is 2. The lowest BCUT2D eigenvalue weighted by Crippen LogP contribution is -2.47. The van der Waals surface area contributed by atoms with Crippen LogP contribution in [-0.2, 0) is 6.54 Å². The number of carbonyl (C=O) groups excluding carboxylic acids is 1. The largest absolute Gasteiger partial charge is 0.334 e. The number of imidazole rings is 2. The van der Waals surface area contributed by atoms with E-state index in [1.54, 1.807) is 0 Å². The molecule has 5 rings (SSSR count). The molecule has 0 spiro atoms. The molecular weight excluding hydrogens is 388 g/mol. The molecule has 2 unspecified atom stereocenters. The number of hydrogen-bond acceptors (Lipinski definition) is 4. The first kappa shape index (κ1) is 19.8. The predicted molar refractivity (Wildman–Crippen MR) is 121 cm³/mol. The second-order valence-corrected chi connectivity index (χ2v) is 8.29. The topological polar surface area (TPSA) is 78.3 Å². The van der Waals surface area contributed by atoms with Crippen LogP contribution < -0.4 is 5.32 Å². The van der Waals surface area contributed by atoms with Crippen LogP contribution in [0.15, 0.2) is 54.9 Å². The molecule has 3 aromatic heterocycles. The van der Waals surface area contributed by atoms with Gasteiger partial charge >= 0.3 is 0 Å². The van der Waals surface area contributed by atoms with E-state index in [-0.39, 0.29) is 11.9 Å². The lowest BCUT2D eigenvalue weighted by atomic mass is 9.89. The number of aromatic nitrogens is 4. The van der Waals surface area contributed by atoms with E-state index in [1.165, 1.54) is 0 Å². The lowest BCUT2D eigenvalue weighted by Gasteiger charge is -2.37. The van der Waals surface area contributed by atoms with Crippen molar-refractivity contribution in [1.29, 1.82) is 0 Å². The van der Waals surface area contributed by atoms with Crippen LogP contribution in [0, 0.1) is 0 Å². The summed E-state index contributed by atoms with van der Waals surface area (Å²) < 4.78 is 2.05. The summed E-state index contributed by atoms with van der Waals surface area (Å²) in [4.78, 5) is 27.6. The second-order valence-electron chi connectivity index (χ2n) is 8.29. The van der Waals surface area contributed by atoms with Crippen molar-refractivity contribution in [2.75, 3.05) is 6.54 Å². The van der Waals surface area contributed by atoms with Gasteiger partial charge in [-0.1, -0.05) is 18.2 Å². The molecular formula is C24H28N6O. The summed E-state index contributed by atoms with van der Waals surface area (Å²) in [6.45, 7) is 3.47. The van der Waals surface area contributed by atoms with Crippen LogP contribution in [0.1, 0.15) is 48.9 Å². The number of nitrogens with one attached hydrogen (secondary N) is 2. The van der Waals surface area contributed by atoms with E-state index in [0.717, 1.165) is 54.6 Å². The number of hydrogen-bond donors (Lipinski definition) is 2. The van der Waals surface area contributed by atoms with Crippen molar-refractivity contribution in [3.8, 4) is 0 Å². The van der Waals surface area contributed by atoms with Gasteiger partial charge in [0.05, 0.1) is 16.7 Å². The Morgan fingerprint density at radius 1 is 1.19 bits per heavy atom. The number of amides is 1. The summed E-state index contributed by atoms with van der Waals surface area (Å²) in [7, 11) is 0. The van der Waals surface area contributed by atoms with E-state index >= 15 is 0 Å². The number of pyridine rings is 1. The Hall–Kier alpha value is -3.19. The Labute approximate surface area is 181 Å². The molecule has 1 aliphatic carbocycles. The first-order chi connectivity index (χ1) is 15.2. The molecule has 2 atom stereocenters. The van der Waals surface area contributed by atoms with Crippen molar-refractivity contribution < 1.29 is 4.79 Å². The number of nitrogens with zero attached hydrogens (tertiary/aromatic N) is 4. The standard InChI is InChI=1S/C24H28N6O/c1-2-30(24(31)23-27-20-10-3-4-11-21(20)28-23)19-9-7-8-17(14-19)25-15-18-16-29-13-6-5-12-22(29)26-18/h3-6,10-13,16-17,19,25H,2,7-9,14-15H2,1H3,(H,27,28). The van der Waals surface area contributed by atoms with E-state index in [1.807, 2.05) is 64.9 Å². The Morgan fingerprint density at radius 3 is 2.90 bits per heavy atom. The van der Waals surface area contributed by atoms with Gasteiger partial charge in [-0.15, -0.1) is 0 Å². The number of H-pyrrole nitrogens is 1. The monoisotopic (exact) mass is 416 g/mol. The van der Waals surface area contributed by atoms with E-state index in [2.05, 4.69) is 26.5 Å². The molecule has 7 heteroatoms. The minimum Gasteiger partial charge on any atom is -0.334 e. The summed E-state index contributed by atoms with van der Waals surface area (Å²) in [5.41, 5.74) is 3.74. The maximum absolute atomic E-state index is 13.2. The summed E-state index contributed by atoms with van der Waals surface area (Å²) in [5.74, 6) is 0.424. The molecule has 1 saturated carbocycles. The minimum absolute atomic E-state index is 0.00954. The van der Waals surface area contributed by atoms with Crippen LogP contribution in [0.25, 0.3) is 16.7 Å². The number of aromatic amines is 1. The van der Waals surface area contributed by atoms with Gasteiger partial charge in [-0.25, -0.2) is 9.97 Å². The highest BCUT2D eigenvalue weighted by atomic mass is 16.2. The van der Waals surface area contributed by atoms with Crippen LogP contribution in [0.3, 0.4) is 0 Å². The van der Waals surface area contributed by atoms with Crippen LogP contribution in [0.2, 0.25) is 0 Å². The van der Waals surface area contributed by atoms with Crippen LogP contribution >= 0.6 is 0 Å². The third-order valence-corrected chi connectivity index (χ3v) is 6.27. The van der Waals surface area contributed by atoms with E-state index in [4.69, 9.17) is 0 Å². The Morgan fingerprint density at radius 2 is 2.06 bits per heavy atom. The van der Waals surface area contributed by atoms with Crippen LogP contribution in [0.5, 0.6) is 0 Å². The predicted octanol–water partition coefficient (Wildman–Crippen LogP) is 3.77. The fourth-order valence-electron chi connectivity index (χ4n) is 4.71. The summed E-state index contributed by atoms with van der Waals surface area (Å²) >= 11 is 0. The quantitative estimate of drug-likeness (QED) is 0.501. The Kier molecular flexibility index (Phi) is 5.42. The molecule has 0 radical (unpaired) electrons. The van der Waals surface area contributed by atoms with E-state index in [0.29, 0.717) is 18.4 Å². The molecule has 1 amide bonds. The fourth-order valence-corrected chi connectivity index (χ4v) is 4.71. The molecule has 0 bridgehead atoms. The molecule has 1 aliphatic rings. The smallest absolute Gasteiger partial charge is 0.289 e. The Bertz CT molecular complexity index is 1130. The highest BCUT2D eigenvalue weighted by Gasteiger charge is 2.30. The number of carbonyl (C=O) groups is 1. The molecule has 31 heavy (non-hydrogen) atoms. The van der Waals surface area contributed by atoms with Crippen molar-refractivity contribution in [3.63, 3.8) is 0 Å². The number of benzene rings is 1. The lowest BCUT2D eigenvalue weighted by molar-refractivity contribution is 0.0617. The van der Waals surface area contributed by atoms with Gasteiger partial charge in [-0.2, -0.15) is 0 Å². The van der Waals surface area contributed by atoms with E-state index < -0.39 is 0 Å². The van der Waals surface area contributed by atoms with Gasteiger partial charge < -0.3 is 19.6 Å². The second kappa shape index (κ2) is 8.51. The summed E-state index contributed by atoms with van der Waals surface area (Å²) in [6.07, 6.45) is 8.31. The van der Waals surface area contributed by atoms with Crippen molar-refractivity contribution in [1.82, 2.24) is 29.6 Å². The molecule has 0 aliphatic heterocycles. The SMILES string of the molecule is CCN(C(=O)c1nc2ccccc2[nH]1)C1CCCC(NCc2cn3ccccc3n2)C1. The third-order valence-electron chi connectivity index (χ3n) is 6.27. The average Bonchev–Trinajstić information content (AvgIpc) is 3.42. The minimum atomic E-state index is -0.00954. The van der Waals surface area contributed by atoms with E-state index in [9.17, 15) is 4.79 Å². The first-order valence-corrected chi connectivity index (χ1v) is 11.1. The van der Waals surface area contributed by atoms with Crippen molar-refractivity contribution in [2.45, 2.75) is 51.2 Å². The molecule has 3 heterocycles. The highest BCUT2D eigenvalue weighted by molar-refractivity contribution is 5.94. The highest BCUT2D eigenvalue weighted by Crippen LogP contribution is 2.25. The molecule has 2 N–H and O–H groups in total. The molecule has 0 saturated heterocycles. The normalized spacial score (nSPS) is 19.1. The van der Waals surface area contributed by atoms with Gasteiger partial charge in [0.25, 0.3) is 5.91 Å². The van der Waals surface area contributed by atoms with Gasteiger partial charge in [0.2, 0.25) is 0 Å².